The van der Waals surface area contributed by atoms with Crippen molar-refractivity contribution >= 4 is 0 Å². The van der Waals surface area contributed by atoms with Crippen LogP contribution >= 0.6 is 0 Å². The molecule has 1 aliphatic rings. The van der Waals surface area contributed by atoms with Crippen LogP contribution in [-0.2, 0) is 4.74 Å². The summed E-state index contributed by atoms with van der Waals surface area (Å²) in [6.45, 7) is 3.19. The SMILES string of the molecule is CNC(CC(C)COC)C1CCCCCC1. The summed E-state index contributed by atoms with van der Waals surface area (Å²) in [6, 6.07) is 0.697. The highest BCUT2D eigenvalue weighted by Crippen LogP contribution is 2.28. The highest BCUT2D eigenvalue weighted by molar-refractivity contribution is 4.79. The van der Waals surface area contributed by atoms with Crippen LogP contribution in [0.2, 0.25) is 0 Å². The van der Waals surface area contributed by atoms with E-state index in [0.29, 0.717) is 12.0 Å². The van der Waals surface area contributed by atoms with Crippen molar-refractivity contribution in [1.82, 2.24) is 5.32 Å². The zero-order chi connectivity index (χ0) is 11.8. The lowest BCUT2D eigenvalue weighted by molar-refractivity contribution is 0.142. The molecule has 96 valence electrons. The van der Waals surface area contributed by atoms with Gasteiger partial charge in [0.25, 0.3) is 0 Å². The molecule has 0 aromatic heterocycles. The first-order valence-corrected chi connectivity index (χ1v) is 6.94. The molecule has 2 unspecified atom stereocenters. The zero-order valence-electron chi connectivity index (χ0n) is 11.3. The molecule has 0 bridgehead atoms. The molecule has 0 heterocycles. The van der Waals surface area contributed by atoms with Gasteiger partial charge in [0.2, 0.25) is 0 Å². The van der Waals surface area contributed by atoms with E-state index in [2.05, 4.69) is 19.3 Å². The van der Waals surface area contributed by atoms with Gasteiger partial charge in [-0.25, -0.2) is 0 Å². The van der Waals surface area contributed by atoms with E-state index in [1.54, 1.807) is 7.11 Å². The van der Waals surface area contributed by atoms with Crippen LogP contribution in [0.15, 0.2) is 0 Å². The fourth-order valence-corrected chi connectivity index (χ4v) is 3.05. The van der Waals surface area contributed by atoms with Gasteiger partial charge in [-0.05, 0) is 38.1 Å². The number of ether oxygens (including phenoxy) is 1. The van der Waals surface area contributed by atoms with Crippen molar-refractivity contribution in [2.24, 2.45) is 11.8 Å². The van der Waals surface area contributed by atoms with Crippen molar-refractivity contribution in [3.63, 3.8) is 0 Å². The second-order valence-electron chi connectivity index (χ2n) is 5.44. The van der Waals surface area contributed by atoms with Crippen LogP contribution in [0.25, 0.3) is 0 Å². The fraction of sp³-hybridized carbons (Fsp3) is 1.00. The summed E-state index contributed by atoms with van der Waals surface area (Å²) in [5, 5.41) is 3.53. The van der Waals surface area contributed by atoms with E-state index < -0.39 is 0 Å². The molecule has 0 amide bonds. The van der Waals surface area contributed by atoms with Crippen molar-refractivity contribution < 1.29 is 4.74 Å². The summed E-state index contributed by atoms with van der Waals surface area (Å²) >= 11 is 0. The Kier molecular flexibility index (Phi) is 7.06. The van der Waals surface area contributed by atoms with Gasteiger partial charge in [0.1, 0.15) is 0 Å². The maximum atomic E-state index is 5.23. The Morgan fingerprint density at radius 3 is 2.31 bits per heavy atom. The van der Waals surface area contributed by atoms with Crippen LogP contribution in [0.5, 0.6) is 0 Å². The molecule has 1 fully saturated rings. The summed E-state index contributed by atoms with van der Waals surface area (Å²) in [5.74, 6) is 1.57. The smallest absolute Gasteiger partial charge is 0.0488 e. The van der Waals surface area contributed by atoms with Gasteiger partial charge in [-0.15, -0.1) is 0 Å². The lowest BCUT2D eigenvalue weighted by Crippen LogP contribution is -2.35. The first-order chi connectivity index (χ1) is 7.77. The molecule has 1 saturated carbocycles. The average molecular weight is 227 g/mol. The van der Waals surface area contributed by atoms with E-state index in [-0.39, 0.29) is 0 Å². The van der Waals surface area contributed by atoms with Crippen LogP contribution in [0.4, 0.5) is 0 Å². The van der Waals surface area contributed by atoms with Crippen molar-refractivity contribution in [3.8, 4) is 0 Å². The van der Waals surface area contributed by atoms with Gasteiger partial charge in [0.15, 0.2) is 0 Å². The van der Waals surface area contributed by atoms with Crippen molar-refractivity contribution in [2.45, 2.75) is 57.9 Å². The summed E-state index contributed by atoms with van der Waals surface area (Å²) < 4.78 is 5.23. The maximum absolute atomic E-state index is 5.23. The summed E-state index contributed by atoms with van der Waals surface area (Å²) in [5.41, 5.74) is 0. The lowest BCUT2D eigenvalue weighted by Gasteiger charge is -2.28. The van der Waals surface area contributed by atoms with Crippen LogP contribution in [0.1, 0.15) is 51.9 Å². The number of methoxy groups -OCH3 is 1. The monoisotopic (exact) mass is 227 g/mol. The highest BCUT2D eigenvalue weighted by Gasteiger charge is 2.22. The number of hydrogen-bond acceptors (Lipinski definition) is 2. The van der Waals surface area contributed by atoms with Crippen molar-refractivity contribution in [2.75, 3.05) is 20.8 Å². The maximum Gasteiger partial charge on any atom is 0.0488 e. The van der Waals surface area contributed by atoms with Gasteiger partial charge >= 0.3 is 0 Å². The minimum absolute atomic E-state index is 0.672. The molecule has 16 heavy (non-hydrogen) atoms. The molecular formula is C14H29NO. The van der Waals surface area contributed by atoms with Crippen molar-refractivity contribution in [3.05, 3.63) is 0 Å². The topological polar surface area (TPSA) is 21.3 Å². The Bertz CT molecular complexity index is 164. The molecule has 0 saturated heterocycles. The quantitative estimate of drug-likeness (QED) is 0.704. The van der Waals surface area contributed by atoms with Crippen molar-refractivity contribution in [1.29, 1.82) is 0 Å². The van der Waals surface area contributed by atoms with Gasteiger partial charge in [0.05, 0.1) is 0 Å². The molecule has 0 aromatic carbocycles. The van der Waals surface area contributed by atoms with Crippen LogP contribution < -0.4 is 5.32 Å². The second-order valence-corrected chi connectivity index (χ2v) is 5.44. The van der Waals surface area contributed by atoms with E-state index in [0.717, 1.165) is 12.5 Å². The standard InChI is InChI=1S/C14H29NO/c1-12(11-16-3)10-14(15-2)13-8-6-4-5-7-9-13/h12-15H,4-11H2,1-3H3. The minimum atomic E-state index is 0.672. The first kappa shape index (κ1) is 14.0. The highest BCUT2D eigenvalue weighted by atomic mass is 16.5. The molecule has 0 spiro atoms. The van der Waals surface area contributed by atoms with E-state index in [9.17, 15) is 0 Å². The fourth-order valence-electron chi connectivity index (χ4n) is 3.05. The van der Waals surface area contributed by atoms with Gasteiger partial charge in [-0.2, -0.15) is 0 Å². The zero-order valence-corrected chi connectivity index (χ0v) is 11.3. The van der Waals surface area contributed by atoms with Gasteiger partial charge in [-0.3, -0.25) is 0 Å². The third-order valence-corrected chi connectivity index (χ3v) is 3.95. The van der Waals surface area contributed by atoms with Crippen LogP contribution in [0.3, 0.4) is 0 Å². The summed E-state index contributed by atoms with van der Waals surface area (Å²) in [7, 11) is 3.92. The lowest BCUT2D eigenvalue weighted by atomic mass is 9.86. The molecule has 0 aliphatic heterocycles. The Morgan fingerprint density at radius 1 is 1.19 bits per heavy atom. The second kappa shape index (κ2) is 8.08. The molecular weight excluding hydrogens is 198 g/mol. The third-order valence-electron chi connectivity index (χ3n) is 3.95. The van der Waals surface area contributed by atoms with Gasteiger partial charge in [0, 0.05) is 19.8 Å². The summed E-state index contributed by atoms with van der Waals surface area (Å²) in [6.07, 6.45) is 9.86. The molecule has 2 nitrogen and oxygen atoms in total. The summed E-state index contributed by atoms with van der Waals surface area (Å²) in [4.78, 5) is 0. The largest absolute Gasteiger partial charge is 0.384 e. The van der Waals surface area contributed by atoms with Crippen LogP contribution in [0, 0.1) is 11.8 Å². The molecule has 2 atom stereocenters. The van der Waals surface area contributed by atoms with Crippen LogP contribution in [-0.4, -0.2) is 26.8 Å². The van der Waals surface area contributed by atoms with E-state index in [4.69, 9.17) is 4.74 Å². The predicted molar refractivity (Wildman–Crippen MR) is 69.7 cm³/mol. The Morgan fingerprint density at radius 2 is 1.81 bits per heavy atom. The Hall–Kier alpha value is -0.0800. The average Bonchev–Trinajstić information content (AvgIpc) is 2.55. The first-order valence-electron chi connectivity index (χ1n) is 6.94. The van der Waals surface area contributed by atoms with E-state index in [1.165, 1.54) is 44.9 Å². The molecule has 0 aromatic rings. The molecule has 1 aliphatic carbocycles. The minimum Gasteiger partial charge on any atom is -0.384 e. The number of hydrogen-bond donors (Lipinski definition) is 1. The molecule has 0 radical (unpaired) electrons. The predicted octanol–water partition coefficient (Wildman–Crippen LogP) is 3.22. The van der Waals surface area contributed by atoms with E-state index >= 15 is 0 Å². The van der Waals surface area contributed by atoms with Gasteiger partial charge < -0.3 is 10.1 Å². The number of rotatable bonds is 6. The molecule has 1 N–H and O–H groups in total. The Labute approximate surface area is 101 Å². The number of nitrogens with one attached hydrogen (secondary N) is 1. The Balaban J connectivity index is 2.38. The third kappa shape index (κ3) is 4.84. The molecule has 2 heteroatoms. The normalized spacial score (nSPS) is 22.7. The van der Waals surface area contributed by atoms with E-state index in [1.807, 2.05) is 0 Å². The molecule has 1 rings (SSSR count). The van der Waals surface area contributed by atoms with Gasteiger partial charge in [-0.1, -0.05) is 32.6 Å².